The molecule has 1 heterocycles. The van der Waals surface area contributed by atoms with Crippen LogP contribution >= 0.6 is 23.2 Å². The second kappa shape index (κ2) is 7.13. The van der Waals surface area contributed by atoms with Crippen LogP contribution in [0.2, 0.25) is 10.0 Å². The van der Waals surface area contributed by atoms with E-state index >= 15 is 0 Å². The molecule has 0 radical (unpaired) electrons. The van der Waals surface area contributed by atoms with Gasteiger partial charge < -0.3 is 10.6 Å². The van der Waals surface area contributed by atoms with Crippen molar-refractivity contribution in [1.29, 1.82) is 0 Å². The van der Waals surface area contributed by atoms with E-state index in [-0.39, 0.29) is 5.91 Å². The normalized spacial score (nSPS) is 19.2. The summed E-state index contributed by atoms with van der Waals surface area (Å²) in [4.78, 5) is 11.8. The van der Waals surface area contributed by atoms with E-state index in [2.05, 4.69) is 10.6 Å². The van der Waals surface area contributed by atoms with Crippen LogP contribution in [0, 0.1) is 0 Å². The Balaban J connectivity index is 1.78. The van der Waals surface area contributed by atoms with Gasteiger partial charge in [0.2, 0.25) is 5.91 Å². The largest absolute Gasteiger partial charge is 0.354 e. The lowest BCUT2D eigenvalue weighted by molar-refractivity contribution is -0.120. The van der Waals surface area contributed by atoms with Crippen molar-refractivity contribution < 1.29 is 4.79 Å². The molecule has 1 amide bonds. The van der Waals surface area contributed by atoms with E-state index < -0.39 is 0 Å². The maximum absolute atomic E-state index is 11.8. The highest BCUT2D eigenvalue weighted by atomic mass is 35.5. The van der Waals surface area contributed by atoms with Gasteiger partial charge in [0.05, 0.1) is 16.5 Å². The van der Waals surface area contributed by atoms with Crippen LogP contribution in [0.5, 0.6) is 0 Å². The summed E-state index contributed by atoms with van der Waals surface area (Å²) in [6.07, 6.45) is 3.94. The minimum atomic E-state index is 0.0192. The summed E-state index contributed by atoms with van der Waals surface area (Å²) >= 11 is 11.8. The Bertz CT molecular complexity index is 445. The highest BCUT2D eigenvalue weighted by Crippen LogP contribution is 2.22. The van der Waals surface area contributed by atoms with Crippen molar-refractivity contribution in [2.24, 2.45) is 0 Å². The van der Waals surface area contributed by atoms with E-state index in [9.17, 15) is 4.79 Å². The molecule has 1 atom stereocenters. The van der Waals surface area contributed by atoms with Gasteiger partial charge in [0.1, 0.15) is 0 Å². The predicted octanol–water partition coefficient (Wildman–Crippen LogP) is 2.79. The van der Waals surface area contributed by atoms with Gasteiger partial charge in [0.25, 0.3) is 0 Å². The molecule has 1 saturated heterocycles. The molecule has 5 heteroatoms. The van der Waals surface area contributed by atoms with E-state index in [1.807, 2.05) is 6.07 Å². The molecule has 2 N–H and O–H groups in total. The molecule has 1 aromatic rings. The molecular weight excluding hydrogens is 283 g/mol. The third-order valence-electron chi connectivity index (χ3n) is 3.31. The fraction of sp³-hybridized carbons (Fsp3) is 0.500. The molecular formula is C14H18Cl2N2O. The lowest BCUT2D eigenvalue weighted by Gasteiger charge is -2.23. The topological polar surface area (TPSA) is 41.1 Å². The molecule has 0 aromatic heterocycles. The average Bonchev–Trinajstić information content (AvgIpc) is 2.42. The molecule has 0 bridgehead atoms. The van der Waals surface area contributed by atoms with Crippen molar-refractivity contribution in [3.63, 3.8) is 0 Å². The number of amides is 1. The molecule has 1 unspecified atom stereocenters. The summed E-state index contributed by atoms with van der Waals surface area (Å²) in [5.41, 5.74) is 0.878. The number of hydrogen-bond donors (Lipinski definition) is 2. The smallest absolute Gasteiger partial charge is 0.224 e. The van der Waals surface area contributed by atoms with Crippen molar-refractivity contribution in [3.05, 3.63) is 33.8 Å². The summed E-state index contributed by atoms with van der Waals surface area (Å²) < 4.78 is 0. The lowest BCUT2D eigenvalue weighted by Crippen LogP contribution is -2.43. The molecule has 1 aliphatic rings. The summed E-state index contributed by atoms with van der Waals surface area (Å²) in [7, 11) is 0. The number of halogens is 2. The average molecular weight is 301 g/mol. The van der Waals surface area contributed by atoms with Crippen molar-refractivity contribution in [1.82, 2.24) is 10.6 Å². The van der Waals surface area contributed by atoms with E-state index in [0.717, 1.165) is 18.5 Å². The van der Waals surface area contributed by atoms with Crippen LogP contribution in [-0.2, 0) is 11.2 Å². The standard InChI is InChI=1S/C14H18Cl2N2O/c15-12-5-4-10(7-13(12)16)8-14(19)18-9-11-3-1-2-6-17-11/h4-5,7,11,17H,1-3,6,8-9H2,(H,18,19). The van der Waals surface area contributed by atoms with Gasteiger partial charge in [-0.3, -0.25) is 4.79 Å². The molecule has 2 rings (SSSR count). The summed E-state index contributed by atoms with van der Waals surface area (Å²) in [6, 6.07) is 5.69. The molecule has 0 spiro atoms. The number of carbonyl (C=O) groups is 1. The third kappa shape index (κ3) is 4.68. The van der Waals surface area contributed by atoms with Crippen molar-refractivity contribution in [3.8, 4) is 0 Å². The monoisotopic (exact) mass is 300 g/mol. The zero-order valence-electron chi connectivity index (χ0n) is 10.7. The molecule has 19 heavy (non-hydrogen) atoms. The van der Waals surface area contributed by atoms with Crippen molar-refractivity contribution in [2.75, 3.05) is 13.1 Å². The molecule has 1 fully saturated rings. The Morgan fingerprint density at radius 1 is 1.32 bits per heavy atom. The van der Waals surface area contributed by atoms with Crippen LogP contribution in [0.1, 0.15) is 24.8 Å². The van der Waals surface area contributed by atoms with Gasteiger partial charge in [0.15, 0.2) is 0 Å². The first kappa shape index (κ1) is 14.6. The molecule has 0 aliphatic carbocycles. The zero-order valence-corrected chi connectivity index (χ0v) is 12.2. The Kier molecular flexibility index (Phi) is 5.49. The Labute approximate surface area is 123 Å². The number of rotatable bonds is 4. The molecule has 1 aromatic carbocycles. The zero-order chi connectivity index (χ0) is 13.7. The summed E-state index contributed by atoms with van der Waals surface area (Å²) in [6.45, 7) is 1.74. The van der Waals surface area contributed by atoms with E-state index in [1.165, 1.54) is 12.8 Å². The number of hydrogen-bond acceptors (Lipinski definition) is 2. The highest BCUT2D eigenvalue weighted by Gasteiger charge is 2.13. The molecule has 0 saturated carbocycles. The summed E-state index contributed by atoms with van der Waals surface area (Å²) in [5.74, 6) is 0.0192. The molecule has 1 aliphatic heterocycles. The van der Waals surface area contributed by atoms with Gasteiger partial charge >= 0.3 is 0 Å². The second-order valence-corrected chi connectivity index (χ2v) is 5.69. The minimum absolute atomic E-state index is 0.0192. The van der Waals surface area contributed by atoms with Gasteiger partial charge in [-0.15, -0.1) is 0 Å². The first-order valence-electron chi connectivity index (χ1n) is 6.59. The minimum Gasteiger partial charge on any atom is -0.354 e. The molecule has 3 nitrogen and oxygen atoms in total. The van der Waals surface area contributed by atoms with Crippen molar-refractivity contribution >= 4 is 29.1 Å². The van der Waals surface area contributed by atoms with Crippen LogP contribution < -0.4 is 10.6 Å². The predicted molar refractivity (Wildman–Crippen MR) is 78.8 cm³/mol. The maximum Gasteiger partial charge on any atom is 0.224 e. The van der Waals surface area contributed by atoms with Crippen LogP contribution in [0.3, 0.4) is 0 Å². The molecule has 104 valence electrons. The van der Waals surface area contributed by atoms with Crippen LogP contribution in [0.15, 0.2) is 18.2 Å². The van der Waals surface area contributed by atoms with Crippen LogP contribution in [0.25, 0.3) is 0 Å². The first-order chi connectivity index (χ1) is 9.15. The van der Waals surface area contributed by atoms with E-state index in [1.54, 1.807) is 12.1 Å². The number of nitrogens with one attached hydrogen (secondary N) is 2. The van der Waals surface area contributed by atoms with Gasteiger partial charge in [-0.2, -0.15) is 0 Å². The fourth-order valence-electron chi connectivity index (χ4n) is 2.23. The quantitative estimate of drug-likeness (QED) is 0.898. The summed E-state index contributed by atoms with van der Waals surface area (Å²) in [5, 5.41) is 7.36. The Morgan fingerprint density at radius 3 is 2.84 bits per heavy atom. The first-order valence-corrected chi connectivity index (χ1v) is 7.35. The van der Waals surface area contributed by atoms with E-state index in [0.29, 0.717) is 29.1 Å². The van der Waals surface area contributed by atoms with E-state index in [4.69, 9.17) is 23.2 Å². The lowest BCUT2D eigenvalue weighted by atomic mass is 10.0. The highest BCUT2D eigenvalue weighted by molar-refractivity contribution is 6.42. The second-order valence-electron chi connectivity index (χ2n) is 4.88. The van der Waals surface area contributed by atoms with Gasteiger partial charge in [-0.05, 0) is 37.1 Å². The number of carbonyl (C=O) groups excluding carboxylic acids is 1. The van der Waals surface area contributed by atoms with Gasteiger partial charge in [0, 0.05) is 12.6 Å². The van der Waals surface area contributed by atoms with Crippen LogP contribution in [0.4, 0.5) is 0 Å². The van der Waals surface area contributed by atoms with Crippen LogP contribution in [-0.4, -0.2) is 25.0 Å². The van der Waals surface area contributed by atoms with Gasteiger partial charge in [-0.25, -0.2) is 0 Å². The van der Waals surface area contributed by atoms with Gasteiger partial charge in [-0.1, -0.05) is 35.7 Å². The van der Waals surface area contributed by atoms with Crippen molar-refractivity contribution in [2.45, 2.75) is 31.7 Å². The number of benzene rings is 1. The number of piperidine rings is 1. The maximum atomic E-state index is 11.8. The SMILES string of the molecule is O=C(Cc1ccc(Cl)c(Cl)c1)NCC1CCCCN1. The third-order valence-corrected chi connectivity index (χ3v) is 4.05. The Hall–Kier alpha value is -0.770. The Morgan fingerprint density at radius 2 is 2.16 bits per heavy atom. The fourth-order valence-corrected chi connectivity index (χ4v) is 2.55.